The van der Waals surface area contributed by atoms with Crippen LogP contribution in [0.15, 0.2) is 66.7 Å². The van der Waals surface area contributed by atoms with Gasteiger partial charge < -0.3 is 29.7 Å². The van der Waals surface area contributed by atoms with Crippen molar-refractivity contribution in [1.82, 2.24) is 9.80 Å². The highest BCUT2D eigenvalue weighted by Crippen LogP contribution is 2.52. The maximum atomic E-state index is 14.6. The van der Waals surface area contributed by atoms with E-state index in [4.69, 9.17) is 31.5 Å². The molecule has 11 heteroatoms. The summed E-state index contributed by atoms with van der Waals surface area (Å²) >= 11 is 6.23. The number of hydrogen-bond acceptors (Lipinski definition) is 7. The number of rotatable bonds is 7. The quantitative estimate of drug-likeness (QED) is 0.401. The number of nitrogens with two attached hydrogens (primary N) is 1. The van der Waals surface area contributed by atoms with E-state index in [1.807, 2.05) is 0 Å². The lowest BCUT2D eigenvalue weighted by Gasteiger charge is -2.37. The molecule has 0 aromatic heterocycles. The molecule has 2 heterocycles. The van der Waals surface area contributed by atoms with Crippen molar-refractivity contribution in [3.05, 3.63) is 94.0 Å². The number of amides is 3. The monoisotopic (exact) mass is 602 g/mol. The number of primary amides is 1. The minimum Gasteiger partial charge on any atom is -0.493 e. The molecule has 0 spiro atoms. The number of nitrogens with zero attached hydrogens (tertiary/aromatic N) is 3. The highest BCUT2D eigenvalue weighted by atomic mass is 35.5. The number of benzene rings is 3. The van der Waals surface area contributed by atoms with Crippen LogP contribution in [0.5, 0.6) is 11.5 Å². The van der Waals surface area contributed by atoms with Gasteiger partial charge >= 0.3 is 6.03 Å². The van der Waals surface area contributed by atoms with E-state index >= 15 is 0 Å². The van der Waals surface area contributed by atoms with Crippen molar-refractivity contribution >= 4 is 29.3 Å². The highest BCUT2D eigenvalue weighted by molar-refractivity contribution is 6.30. The molecular formula is C32H31ClN4O6. The van der Waals surface area contributed by atoms with Gasteiger partial charge in [-0.15, -0.1) is 0 Å². The summed E-state index contributed by atoms with van der Waals surface area (Å²) in [6.45, 7) is 1.34. The Morgan fingerprint density at radius 1 is 0.930 bits per heavy atom. The van der Waals surface area contributed by atoms with Crippen LogP contribution in [0.4, 0.5) is 4.79 Å². The molecule has 2 aliphatic rings. The number of urea groups is 1. The molecule has 10 nitrogen and oxygen atoms in total. The summed E-state index contributed by atoms with van der Waals surface area (Å²) in [4.78, 5) is 45.4. The lowest BCUT2D eigenvalue weighted by molar-refractivity contribution is -0.122. The fourth-order valence-electron chi connectivity index (χ4n) is 6.07. The number of carbonyl (C=O) groups is 3. The largest absolute Gasteiger partial charge is 0.493 e. The first-order chi connectivity index (χ1) is 20.8. The smallest absolute Gasteiger partial charge is 0.321 e. The van der Waals surface area contributed by atoms with Gasteiger partial charge in [0.25, 0.3) is 0 Å². The first kappa shape index (κ1) is 29.9. The average molecular weight is 603 g/mol. The summed E-state index contributed by atoms with van der Waals surface area (Å²) in [5.74, 6) is -2.01. The van der Waals surface area contributed by atoms with E-state index in [2.05, 4.69) is 6.07 Å². The van der Waals surface area contributed by atoms with E-state index in [1.54, 1.807) is 71.6 Å². The van der Waals surface area contributed by atoms with Crippen LogP contribution in [0, 0.1) is 17.2 Å². The van der Waals surface area contributed by atoms with Gasteiger partial charge in [0.15, 0.2) is 17.3 Å². The van der Waals surface area contributed by atoms with Crippen molar-refractivity contribution in [2.75, 3.05) is 40.5 Å². The van der Waals surface area contributed by atoms with E-state index in [0.29, 0.717) is 65.1 Å². The summed E-state index contributed by atoms with van der Waals surface area (Å²) in [6.07, 6.45) is 0. The van der Waals surface area contributed by atoms with Crippen LogP contribution in [0.2, 0.25) is 5.02 Å². The normalized spacial score (nSPS) is 21.6. The van der Waals surface area contributed by atoms with Crippen LogP contribution in [0.1, 0.15) is 39.0 Å². The predicted octanol–water partition coefficient (Wildman–Crippen LogP) is 4.17. The molecule has 2 saturated heterocycles. The standard InChI is InChI=1S/C32H31ClN4O6/c1-41-24-12-9-22(17-25(24)42-2)26-27(30(38)21-5-3-19(18-34)4-6-21)28(20-7-10-23(33)11-8-20)37(29(26)31(35)39)32(40)36-13-15-43-16-14-36/h3-12,17,26-29H,13-16H2,1-2H3,(H2,35,39). The van der Waals surface area contributed by atoms with Crippen molar-refractivity contribution in [2.24, 2.45) is 11.7 Å². The van der Waals surface area contributed by atoms with Crippen LogP contribution in [0.25, 0.3) is 0 Å². The molecule has 3 aromatic rings. The van der Waals surface area contributed by atoms with E-state index in [9.17, 15) is 19.6 Å². The third-order valence-electron chi connectivity index (χ3n) is 8.07. The van der Waals surface area contributed by atoms with Gasteiger partial charge in [-0.1, -0.05) is 41.9 Å². The van der Waals surface area contributed by atoms with Crippen LogP contribution >= 0.6 is 11.6 Å². The zero-order valence-electron chi connectivity index (χ0n) is 23.7. The summed E-state index contributed by atoms with van der Waals surface area (Å²) in [5, 5.41) is 9.79. The summed E-state index contributed by atoms with van der Waals surface area (Å²) in [7, 11) is 3.00. The first-order valence-corrected chi connectivity index (χ1v) is 14.1. The van der Waals surface area contributed by atoms with E-state index < -0.39 is 35.9 Å². The second kappa shape index (κ2) is 12.7. The van der Waals surface area contributed by atoms with E-state index in [-0.39, 0.29) is 5.78 Å². The number of ether oxygens (including phenoxy) is 3. The highest BCUT2D eigenvalue weighted by Gasteiger charge is 2.57. The Balaban J connectivity index is 1.75. The number of methoxy groups -OCH3 is 2. The fraction of sp³-hybridized carbons (Fsp3) is 0.312. The van der Waals surface area contributed by atoms with E-state index in [0.717, 1.165) is 0 Å². The number of halogens is 1. The Kier molecular flexibility index (Phi) is 8.85. The predicted molar refractivity (Wildman–Crippen MR) is 158 cm³/mol. The van der Waals surface area contributed by atoms with Gasteiger partial charge in [-0.25, -0.2) is 4.79 Å². The number of hydrogen-bond donors (Lipinski definition) is 1. The zero-order valence-corrected chi connectivity index (χ0v) is 24.5. The second-order valence-corrected chi connectivity index (χ2v) is 10.8. The number of likely N-dealkylation sites (tertiary alicyclic amines) is 1. The minimum atomic E-state index is -1.19. The third-order valence-corrected chi connectivity index (χ3v) is 8.32. The Morgan fingerprint density at radius 3 is 2.14 bits per heavy atom. The molecule has 3 amide bonds. The van der Waals surface area contributed by atoms with Crippen LogP contribution in [-0.4, -0.2) is 74.1 Å². The molecule has 2 N–H and O–H groups in total. The summed E-state index contributed by atoms with van der Waals surface area (Å²) < 4.78 is 16.5. The molecule has 0 radical (unpaired) electrons. The minimum absolute atomic E-state index is 0.312. The number of ketones is 1. The zero-order chi connectivity index (χ0) is 30.7. The Morgan fingerprint density at radius 2 is 1.56 bits per heavy atom. The first-order valence-electron chi connectivity index (χ1n) is 13.7. The molecule has 4 unspecified atom stereocenters. The topological polar surface area (TPSA) is 135 Å². The molecule has 0 aliphatic carbocycles. The summed E-state index contributed by atoms with van der Waals surface area (Å²) in [5.41, 5.74) is 8.03. The summed E-state index contributed by atoms with van der Waals surface area (Å²) in [6, 6.07) is 17.9. The van der Waals surface area contributed by atoms with Gasteiger partial charge in [0.2, 0.25) is 5.91 Å². The number of carbonyl (C=O) groups excluding carboxylic acids is 3. The lowest BCUT2D eigenvalue weighted by atomic mass is 9.76. The molecule has 0 bridgehead atoms. The van der Waals surface area contributed by atoms with Gasteiger partial charge in [-0.05, 0) is 47.5 Å². The van der Waals surface area contributed by atoms with Crippen LogP contribution < -0.4 is 15.2 Å². The maximum Gasteiger partial charge on any atom is 0.321 e. The molecule has 2 aliphatic heterocycles. The molecule has 4 atom stereocenters. The Bertz CT molecular complexity index is 1550. The molecule has 3 aromatic carbocycles. The van der Waals surface area contributed by atoms with Crippen molar-refractivity contribution in [2.45, 2.75) is 18.0 Å². The maximum absolute atomic E-state index is 14.6. The van der Waals surface area contributed by atoms with Crippen molar-refractivity contribution in [1.29, 1.82) is 5.26 Å². The second-order valence-electron chi connectivity index (χ2n) is 10.4. The molecule has 43 heavy (non-hydrogen) atoms. The Labute approximate surface area is 254 Å². The van der Waals surface area contributed by atoms with Crippen molar-refractivity contribution in [3.63, 3.8) is 0 Å². The van der Waals surface area contributed by atoms with E-state index in [1.165, 1.54) is 19.1 Å². The van der Waals surface area contributed by atoms with Gasteiger partial charge in [0.1, 0.15) is 6.04 Å². The molecule has 2 fully saturated rings. The van der Waals surface area contributed by atoms with Gasteiger partial charge in [0, 0.05) is 29.6 Å². The van der Waals surface area contributed by atoms with Crippen molar-refractivity contribution in [3.8, 4) is 17.6 Å². The number of Topliss-reactive ketones (excluding diaryl/α,β-unsaturated/α-hetero) is 1. The SMILES string of the molecule is COc1ccc(C2C(C(=O)c3ccc(C#N)cc3)C(c3ccc(Cl)cc3)N(C(=O)N3CCOCC3)C2C(N)=O)cc1OC. The fourth-order valence-corrected chi connectivity index (χ4v) is 6.19. The lowest BCUT2D eigenvalue weighted by Crippen LogP contribution is -2.54. The van der Waals surface area contributed by atoms with Crippen LogP contribution in [-0.2, 0) is 9.53 Å². The molecule has 0 saturated carbocycles. The molecule has 222 valence electrons. The Hall–Kier alpha value is -4.59. The van der Waals surface area contributed by atoms with Gasteiger partial charge in [-0.3, -0.25) is 9.59 Å². The molecule has 5 rings (SSSR count). The molecular weight excluding hydrogens is 572 g/mol. The van der Waals surface area contributed by atoms with Gasteiger partial charge in [-0.2, -0.15) is 5.26 Å². The van der Waals surface area contributed by atoms with Crippen LogP contribution in [0.3, 0.4) is 0 Å². The number of morpholine rings is 1. The third kappa shape index (κ3) is 5.74. The van der Waals surface area contributed by atoms with Crippen molar-refractivity contribution < 1.29 is 28.6 Å². The number of nitriles is 1. The average Bonchev–Trinajstić information content (AvgIpc) is 3.41. The van der Waals surface area contributed by atoms with Gasteiger partial charge in [0.05, 0.1) is 51.0 Å².